The van der Waals surface area contributed by atoms with Gasteiger partial charge in [0.15, 0.2) is 0 Å². The molecule has 0 spiro atoms. The van der Waals surface area contributed by atoms with E-state index in [-0.39, 0.29) is 0 Å². The fourth-order valence-corrected chi connectivity index (χ4v) is 2.38. The first kappa shape index (κ1) is 13.4. The average Bonchev–Trinajstić information content (AvgIpc) is 2.84. The first-order chi connectivity index (χ1) is 10.2. The molecule has 0 radical (unpaired) electrons. The highest BCUT2D eigenvalue weighted by Gasteiger charge is 2.13. The first-order valence-corrected chi connectivity index (χ1v) is 6.62. The van der Waals surface area contributed by atoms with Crippen molar-refractivity contribution in [1.29, 1.82) is 0 Å². The second-order valence-electron chi connectivity index (χ2n) is 4.41. The summed E-state index contributed by atoms with van der Waals surface area (Å²) in [5, 5.41) is 0.380. The van der Waals surface area contributed by atoms with Gasteiger partial charge in [-0.05, 0) is 29.8 Å². The van der Waals surface area contributed by atoms with E-state index in [0.29, 0.717) is 23.3 Å². The van der Waals surface area contributed by atoms with Crippen molar-refractivity contribution in [2.75, 3.05) is 7.11 Å². The number of hydrogen-bond acceptors (Lipinski definition) is 3. The molecule has 2 aromatic heterocycles. The minimum Gasteiger partial charge on any atom is -0.494 e. The van der Waals surface area contributed by atoms with E-state index in [1.54, 1.807) is 19.4 Å². The van der Waals surface area contributed by atoms with Gasteiger partial charge in [-0.3, -0.25) is 4.98 Å². The van der Waals surface area contributed by atoms with Crippen molar-refractivity contribution in [3.63, 3.8) is 0 Å². The molecule has 104 valence electrons. The Kier molecular flexibility index (Phi) is 3.46. The predicted molar refractivity (Wildman–Crippen MR) is 80.9 cm³/mol. The molecule has 0 saturated heterocycles. The van der Waals surface area contributed by atoms with Crippen LogP contribution in [0.2, 0.25) is 5.28 Å². The fourth-order valence-electron chi connectivity index (χ4n) is 2.15. The Hall–Kier alpha value is -2.58. The first-order valence-electron chi connectivity index (χ1n) is 6.24. The minimum atomic E-state index is 0.380. The lowest BCUT2D eigenvalue weighted by Gasteiger charge is -2.06. The van der Waals surface area contributed by atoms with Gasteiger partial charge in [0.05, 0.1) is 31.4 Å². The largest absolute Gasteiger partial charge is 0.494 e. The summed E-state index contributed by atoms with van der Waals surface area (Å²) in [6.07, 6.45) is 1.55. The molecule has 3 aromatic rings. The molecule has 0 aliphatic heterocycles. The molecular weight excluding hydrogens is 288 g/mol. The van der Waals surface area contributed by atoms with Gasteiger partial charge < -0.3 is 9.30 Å². The van der Waals surface area contributed by atoms with Crippen LogP contribution in [0.4, 0.5) is 5.69 Å². The highest BCUT2D eigenvalue weighted by atomic mass is 35.5. The van der Waals surface area contributed by atoms with Crippen LogP contribution in [0.25, 0.3) is 15.9 Å². The Morgan fingerprint density at radius 1 is 1.33 bits per heavy atom. The number of methoxy groups -OCH3 is 1. The maximum absolute atomic E-state index is 6.93. The number of hydrogen-bond donors (Lipinski definition) is 0. The summed E-state index contributed by atoms with van der Waals surface area (Å²) < 4.78 is 7.15. The Morgan fingerprint density at radius 2 is 2.19 bits per heavy atom. The molecule has 0 saturated carbocycles. The van der Waals surface area contributed by atoms with Crippen molar-refractivity contribution in [3.05, 3.63) is 58.9 Å². The lowest BCUT2D eigenvalue weighted by molar-refractivity contribution is 0.419. The number of pyridine rings is 1. The Bertz CT molecular complexity index is 833. The summed E-state index contributed by atoms with van der Waals surface area (Å²) in [6.45, 7) is 7.42. The van der Waals surface area contributed by atoms with E-state index in [2.05, 4.69) is 14.8 Å². The summed E-state index contributed by atoms with van der Waals surface area (Å²) in [5.41, 5.74) is 2.94. The van der Waals surface area contributed by atoms with Crippen LogP contribution in [0.1, 0.15) is 5.69 Å². The molecular formula is C15H11ClN4O. The van der Waals surface area contributed by atoms with Crippen molar-refractivity contribution in [2.45, 2.75) is 6.54 Å². The Balaban J connectivity index is 2.04. The monoisotopic (exact) mass is 298 g/mol. The standard InChI is InChI=1S/C15H11ClN4O/c1-17-10-6-7-11(18-8-10)9-20-12-4-3-5-13(21-2)14(12)19-15(20)16/h3-8H,9H2,2H3. The van der Waals surface area contributed by atoms with Crippen molar-refractivity contribution in [1.82, 2.24) is 14.5 Å². The molecule has 5 nitrogen and oxygen atoms in total. The van der Waals surface area contributed by atoms with Crippen LogP contribution < -0.4 is 4.74 Å². The van der Waals surface area contributed by atoms with Gasteiger partial charge >= 0.3 is 0 Å². The molecule has 0 N–H and O–H groups in total. The van der Waals surface area contributed by atoms with Crippen LogP contribution in [0.5, 0.6) is 5.75 Å². The number of fused-ring (bicyclic) bond motifs is 1. The molecule has 0 aliphatic carbocycles. The maximum Gasteiger partial charge on any atom is 0.205 e. The number of halogens is 1. The average molecular weight is 299 g/mol. The number of rotatable bonds is 3. The number of benzene rings is 1. The molecule has 6 heteroatoms. The third-order valence-corrected chi connectivity index (χ3v) is 3.46. The SMILES string of the molecule is [C-]#[N+]c1ccc(Cn2c(Cl)nc3c(OC)cccc32)nc1. The van der Waals surface area contributed by atoms with Crippen LogP contribution in [0, 0.1) is 6.57 Å². The zero-order valence-corrected chi connectivity index (χ0v) is 12.0. The molecule has 0 amide bonds. The summed E-state index contributed by atoms with van der Waals surface area (Å²) in [4.78, 5) is 11.9. The zero-order valence-electron chi connectivity index (χ0n) is 11.2. The van der Waals surface area contributed by atoms with E-state index < -0.39 is 0 Å². The molecule has 21 heavy (non-hydrogen) atoms. The molecule has 0 bridgehead atoms. The quantitative estimate of drug-likeness (QED) is 0.693. The van der Waals surface area contributed by atoms with Gasteiger partial charge in [0.1, 0.15) is 11.3 Å². The number of aromatic nitrogens is 3. The molecule has 0 atom stereocenters. The van der Waals surface area contributed by atoms with Crippen molar-refractivity contribution < 1.29 is 4.74 Å². The molecule has 0 fully saturated rings. The van der Waals surface area contributed by atoms with Gasteiger partial charge in [0, 0.05) is 6.20 Å². The maximum atomic E-state index is 6.93. The van der Waals surface area contributed by atoms with Crippen molar-refractivity contribution >= 4 is 28.3 Å². The summed E-state index contributed by atoms with van der Waals surface area (Å²) in [6, 6.07) is 9.23. The number of imidazole rings is 1. The van der Waals surface area contributed by atoms with Gasteiger partial charge in [-0.2, -0.15) is 0 Å². The highest BCUT2D eigenvalue weighted by Crippen LogP contribution is 2.28. The third-order valence-electron chi connectivity index (χ3n) is 3.17. The van der Waals surface area contributed by atoms with Crippen molar-refractivity contribution in [3.8, 4) is 5.75 Å². The van der Waals surface area contributed by atoms with Gasteiger partial charge in [-0.1, -0.05) is 12.1 Å². The minimum absolute atomic E-state index is 0.380. The molecule has 0 unspecified atom stereocenters. The summed E-state index contributed by atoms with van der Waals surface area (Å²) in [5.74, 6) is 0.685. The third kappa shape index (κ3) is 2.41. The van der Waals surface area contributed by atoms with E-state index in [4.69, 9.17) is 22.9 Å². The Morgan fingerprint density at radius 3 is 2.86 bits per heavy atom. The highest BCUT2D eigenvalue weighted by molar-refractivity contribution is 6.29. The smallest absolute Gasteiger partial charge is 0.205 e. The van der Waals surface area contributed by atoms with Crippen LogP contribution >= 0.6 is 11.6 Å². The molecule has 2 heterocycles. The predicted octanol–water partition coefficient (Wildman–Crippen LogP) is 3.69. The van der Waals surface area contributed by atoms with Crippen LogP contribution in [0.3, 0.4) is 0 Å². The van der Waals surface area contributed by atoms with Gasteiger partial charge in [0.2, 0.25) is 11.0 Å². The van der Waals surface area contributed by atoms with E-state index >= 15 is 0 Å². The second-order valence-corrected chi connectivity index (χ2v) is 4.75. The topological polar surface area (TPSA) is 44.3 Å². The number of para-hydroxylation sites is 1. The van der Waals surface area contributed by atoms with Crippen LogP contribution in [-0.2, 0) is 6.54 Å². The van der Waals surface area contributed by atoms with E-state index in [1.807, 2.05) is 28.8 Å². The van der Waals surface area contributed by atoms with Gasteiger partial charge in [-0.15, -0.1) is 0 Å². The normalized spacial score (nSPS) is 10.5. The van der Waals surface area contributed by atoms with E-state index in [9.17, 15) is 0 Å². The number of nitrogens with zero attached hydrogens (tertiary/aromatic N) is 4. The lowest BCUT2D eigenvalue weighted by atomic mass is 10.3. The molecule has 3 rings (SSSR count). The molecule has 1 aromatic carbocycles. The van der Waals surface area contributed by atoms with Gasteiger partial charge in [-0.25, -0.2) is 9.83 Å². The van der Waals surface area contributed by atoms with E-state index in [0.717, 1.165) is 16.7 Å². The van der Waals surface area contributed by atoms with E-state index in [1.165, 1.54) is 0 Å². The second kappa shape index (κ2) is 5.43. The van der Waals surface area contributed by atoms with Crippen LogP contribution in [-0.4, -0.2) is 21.6 Å². The summed E-state index contributed by atoms with van der Waals surface area (Å²) >= 11 is 6.23. The van der Waals surface area contributed by atoms with Gasteiger partial charge in [0.25, 0.3) is 0 Å². The van der Waals surface area contributed by atoms with Crippen LogP contribution in [0.15, 0.2) is 36.5 Å². The summed E-state index contributed by atoms with van der Waals surface area (Å²) in [7, 11) is 1.60. The lowest BCUT2D eigenvalue weighted by Crippen LogP contribution is -2.01. The number of ether oxygens (including phenoxy) is 1. The molecule has 0 aliphatic rings. The van der Waals surface area contributed by atoms with Crippen molar-refractivity contribution in [2.24, 2.45) is 0 Å². The fraction of sp³-hybridized carbons (Fsp3) is 0.133. The zero-order chi connectivity index (χ0) is 14.8. The Labute approximate surface area is 126 Å².